The van der Waals surface area contributed by atoms with E-state index in [4.69, 9.17) is 5.73 Å². The number of amides is 1. The summed E-state index contributed by atoms with van der Waals surface area (Å²) in [5.74, 6) is 0.168. The van der Waals surface area contributed by atoms with E-state index in [2.05, 4.69) is 20.8 Å². The minimum absolute atomic E-state index is 0.0178. The topological polar surface area (TPSA) is 46.3 Å². The molecule has 0 aromatic rings. The quantitative estimate of drug-likeness (QED) is 0.718. The molecule has 2 unspecified atom stereocenters. The third kappa shape index (κ3) is 2.59. The summed E-state index contributed by atoms with van der Waals surface area (Å²) < 4.78 is 0. The van der Waals surface area contributed by atoms with Crippen LogP contribution in [0.3, 0.4) is 0 Å². The molecular formula is C12H22N2O. The molecule has 0 bridgehead atoms. The van der Waals surface area contributed by atoms with E-state index in [9.17, 15) is 4.79 Å². The van der Waals surface area contributed by atoms with Crippen LogP contribution < -0.4 is 5.73 Å². The number of rotatable bonds is 3. The van der Waals surface area contributed by atoms with Crippen LogP contribution >= 0.6 is 0 Å². The van der Waals surface area contributed by atoms with Crippen LogP contribution in [0.2, 0.25) is 0 Å². The van der Waals surface area contributed by atoms with Gasteiger partial charge in [0.25, 0.3) is 0 Å². The number of nitrogens with zero attached hydrogens (tertiary/aromatic N) is 1. The van der Waals surface area contributed by atoms with E-state index < -0.39 is 0 Å². The first-order valence-corrected chi connectivity index (χ1v) is 5.60. The van der Waals surface area contributed by atoms with Crippen molar-refractivity contribution in [2.75, 3.05) is 7.05 Å². The van der Waals surface area contributed by atoms with E-state index in [0.717, 1.165) is 12.8 Å². The molecule has 1 aliphatic rings. The van der Waals surface area contributed by atoms with Crippen LogP contribution in [0.1, 0.15) is 33.6 Å². The van der Waals surface area contributed by atoms with Crippen LogP contribution in [0, 0.1) is 5.92 Å². The second-order valence-electron chi connectivity index (χ2n) is 4.95. The van der Waals surface area contributed by atoms with Gasteiger partial charge in [-0.05, 0) is 26.7 Å². The van der Waals surface area contributed by atoms with E-state index in [1.165, 1.54) is 0 Å². The lowest BCUT2D eigenvalue weighted by Gasteiger charge is -2.36. The number of carbonyl (C=O) groups excluding carboxylic acids is 1. The van der Waals surface area contributed by atoms with Crippen molar-refractivity contribution in [3.8, 4) is 0 Å². The van der Waals surface area contributed by atoms with Crippen LogP contribution in [0.5, 0.6) is 0 Å². The molecule has 3 heteroatoms. The zero-order valence-corrected chi connectivity index (χ0v) is 10.2. The molecule has 2 N–H and O–H groups in total. The van der Waals surface area contributed by atoms with Gasteiger partial charge >= 0.3 is 0 Å². The number of carbonyl (C=O) groups is 1. The fraction of sp³-hybridized carbons (Fsp3) is 0.750. The van der Waals surface area contributed by atoms with Crippen molar-refractivity contribution in [2.45, 2.75) is 45.2 Å². The summed E-state index contributed by atoms with van der Waals surface area (Å²) in [5.41, 5.74) is 5.68. The first-order valence-electron chi connectivity index (χ1n) is 5.60. The predicted octanol–water partition coefficient (Wildman–Crippen LogP) is 1.54. The minimum Gasteiger partial charge on any atom is -0.340 e. The molecule has 0 fully saturated rings. The lowest BCUT2D eigenvalue weighted by Crippen LogP contribution is -2.46. The van der Waals surface area contributed by atoms with E-state index in [0.29, 0.717) is 0 Å². The molecule has 0 saturated carbocycles. The highest BCUT2D eigenvalue weighted by Crippen LogP contribution is 2.24. The molecule has 0 aliphatic heterocycles. The van der Waals surface area contributed by atoms with Crippen LogP contribution in [0.15, 0.2) is 12.2 Å². The predicted molar refractivity (Wildman–Crippen MR) is 62.4 cm³/mol. The Labute approximate surface area is 92.3 Å². The molecule has 0 aromatic carbocycles. The Balaban J connectivity index is 2.65. The molecule has 86 valence electrons. The van der Waals surface area contributed by atoms with Gasteiger partial charge < -0.3 is 10.6 Å². The first kappa shape index (κ1) is 12.2. The van der Waals surface area contributed by atoms with Crippen molar-refractivity contribution in [3.63, 3.8) is 0 Å². The fourth-order valence-electron chi connectivity index (χ4n) is 1.69. The zero-order chi connectivity index (χ0) is 11.6. The number of hydrogen-bond acceptors (Lipinski definition) is 2. The van der Waals surface area contributed by atoms with Crippen molar-refractivity contribution >= 4 is 5.91 Å². The van der Waals surface area contributed by atoms with Gasteiger partial charge in [0.15, 0.2) is 0 Å². The van der Waals surface area contributed by atoms with Gasteiger partial charge in [0.05, 0.1) is 5.92 Å². The highest BCUT2D eigenvalue weighted by molar-refractivity contribution is 5.81. The van der Waals surface area contributed by atoms with Gasteiger partial charge in [0, 0.05) is 18.6 Å². The van der Waals surface area contributed by atoms with Gasteiger partial charge in [-0.25, -0.2) is 0 Å². The van der Waals surface area contributed by atoms with Gasteiger partial charge in [-0.1, -0.05) is 19.1 Å². The Morgan fingerprint density at radius 2 is 2.13 bits per heavy atom. The molecule has 0 spiro atoms. The maximum atomic E-state index is 12.1. The average molecular weight is 210 g/mol. The molecule has 0 heterocycles. The molecule has 15 heavy (non-hydrogen) atoms. The van der Waals surface area contributed by atoms with E-state index in [-0.39, 0.29) is 23.4 Å². The van der Waals surface area contributed by atoms with Gasteiger partial charge in [-0.3, -0.25) is 4.79 Å². The Hall–Kier alpha value is -0.830. The fourth-order valence-corrected chi connectivity index (χ4v) is 1.69. The lowest BCUT2D eigenvalue weighted by atomic mass is 9.97. The second-order valence-corrected chi connectivity index (χ2v) is 4.95. The molecule has 0 aromatic heterocycles. The van der Waals surface area contributed by atoms with E-state index >= 15 is 0 Å². The van der Waals surface area contributed by atoms with Crippen molar-refractivity contribution in [3.05, 3.63) is 12.2 Å². The number of nitrogens with two attached hydrogens (primary N) is 1. The summed E-state index contributed by atoms with van der Waals surface area (Å²) in [4.78, 5) is 14.0. The lowest BCUT2D eigenvalue weighted by molar-refractivity contribution is -0.137. The molecule has 2 atom stereocenters. The zero-order valence-electron chi connectivity index (χ0n) is 10.2. The van der Waals surface area contributed by atoms with Gasteiger partial charge in [-0.15, -0.1) is 0 Å². The summed E-state index contributed by atoms with van der Waals surface area (Å²) in [6.45, 7) is 6.27. The summed E-state index contributed by atoms with van der Waals surface area (Å²) in [6, 6.07) is 0.0529. The van der Waals surface area contributed by atoms with Crippen LogP contribution in [-0.2, 0) is 4.79 Å². The Morgan fingerprint density at radius 3 is 2.53 bits per heavy atom. The highest BCUT2D eigenvalue weighted by Gasteiger charge is 2.31. The molecule has 3 nitrogen and oxygen atoms in total. The van der Waals surface area contributed by atoms with E-state index in [1.807, 2.05) is 24.1 Å². The third-order valence-corrected chi connectivity index (χ3v) is 3.54. The van der Waals surface area contributed by atoms with Crippen molar-refractivity contribution < 1.29 is 4.79 Å². The highest BCUT2D eigenvalue weighted by atomic mass is 16.2. The summed E-state index contributed by atoms with van der Waals surface area (Å²) in [6.07, 6.45) is 5.57. The van der Waals surface area contributed by atoms with E-state index in [1.54, 1.807) is 0 Å². The SMILES string of the molecule is CCC(C)(C)N(C)C(=O)C1C=CC(N)C1. The standard InChI is InChI=1S/C12H22N2O/c1-5-12(2,3)14(4)11(15)9-6-7-10(13)8-9/h6-7,9-10H,5,8,13H2,1-4H3. The first-order chi connectivity index (χ1) is 6.88. The van der Waals surface area contributed by atoms with Gasteiger partial charge in [0.2, 0.25) is 5.91 Å². The molecule has 1 rings (SSSR count). The largest absolute Gasteiger partial charge is 0.340 e. The van der Waals surface area contributed by atoms with Crippen molar-refractivity contribution in [2.24, 2.45) is 11.7 Å². The second kappa shape index (κ2) is 4.35. The number of hydrogen-bond donors (Lipinski definition) is 1. The maximum Gasteiger partial charge on any atom is 0.229 e. The third-order valence-electron chi connectivity index (χ3n) is 3.54. The average Bonchev–Trinajstić information content (AvgIpc) is 2.62. The molecule has 1 amide bonds. The van der Waals surface area contributed by atoms with Crippen LogP contribution in [-0.4, -0.2) is 29.4 Å². The van der Waals surface area contributed by atoms with Crippen LogP contribution in [0.4, 0.5) is 0 Å². The summed E-state index contributed by atoms with van der Waals surface area (Å²) in [7, 11) is 1.88. The van der Waals surface area contributed by atoms with Gasteiger partial charge in [-0.2, -0.15) is 0 Å². The molecule has 1 aliphatic carbocycles. The summed E-state index contributed by atoms with van der Waals surface area (Å²) in [5, 5.41) is 0. The van der Waals surface area contributed by atoms with Crippen LogP contribution in [0.25, 0.3) is 0 Å². The molecule has 0 radical (unpaired) electrons. The Bertz CT molecular complexity index is 271. The minimum atomic E-state index is -0.0718. The van der Waals surface area contributed by atoms with Crippen molar-refractivity contribution in [1.82, 2.24) is 4.90 Å². The maximum absolute atomic E-state index is 12.1. The Kier molecular flexibility index (Phi) is 3.55. The molecular weight excluding hydrogens is 188 g/mol. The summed E-state index contributed by atoms with van der Waals surface area (Å²) >= 11 is 0. The van der Waals surface area contributed by atoms with Crippen molar-refractivity contribution in [1.29, 1.82) is 0 Å². The van der Waals surface area contributed by atoms with Gasteiger partial charge in [0.1, 0.15) is 0 Å². The Morgan fingerprint density at radius 1 is 1.53 bits per heavy atom. The smallest absolute Gasteiger partial charge is 0.229 e. The monoisotopic (exact) mass is 210 g/mol. The molecule has 0 saturated heterocycles. The normalized spacial score (nSPS) is 25.7.